The normalized spacial score (nSPS) is 12.4. The fraction of sp³-hybridized carbons (Fsp3) is 0.357. The molecule has 0 saturated carbocycles. The Balaban J connectivity index is 2.52. The van der Waals surface area contributed by atoms with E-state index < -0.39 is 0 Å². The molecule has 0 aliphatic heterocycles. The number of halogens is 2. The molecule has 0 bridgehead atoms. The third kappa shape index (κ3) is 3.08. The number of methoxy groups -OCH3 is 1. The van der Waals surface area contributed by atoms with Crippen LogP contribution in [-0.4, -0.2) is 23.4 Å². The topological polar surface area (TPSA) is 39.1 Å². The molecule has 2 rings (SSSR count). The molecule has 108 valence electrons. The van der Waals surface area contributed by atoms with Gasteiger partial charge in [0.2, 0.25) is 0 Å². The van der Waals surface area contributed by atoms with Crippen molar-refractivity contribution in [2.24, 2.45) is 7.05 Å². The number of benzene rings is 1. The van der Waals surface area contributed by atoms with Crippen molar-refractivity contribution in [3.8, 4) is 5.75 Å². The number of rotatable bonds is 5. The summed E-state index contributed by atoms with van der Waals surface area (Å²) < 4.78 is 7.18. The molecule has 1 aromatic heterocycles. The number of aryl methyl sites for hydroxylation is 1. The van der Waals surface area contributed by atoms with Gasteiger partial charge in [-0.3, -0.25) is 4.68 Å². The van der Waals surface area contributed by atoms with Crippen molar-refractivity contribution in [3.63, 3.8) is 0 Å². The van der Waals surface area contributed by atoms with Crippen molar-refractivity contribution in [2.75, 3.05) is 13.7 Å². The van der Waals surface area contributed by atoms with Crippen LogP contribution >= 0.6 is 23.2 Å². The summed E-state index contributed by atoms with van der Waals surface area (Å²) in [6, 6.07) is 5.43. The van der Waals surface area contributed by atoms with Crippen LogP contribution < -0.4 is 10.1 Å². The van der Waals surface area contributed by atoms with Crippen LogP contribution in [0.3, 0.4) is 0 Å². The van der Waals surface area contributed by atoms with Crippen LogP contribution in [0.4, 0.5) is 0 Å². The zero-order chi connectivity index (χ0) is 14.7. The van der Waals surface area contributed by atoms with E-state index in [1.807, 2.05) is 26.1 Å². The standard InChI is InChI=1S/C14H17Cl2N3O/c1-4-17-13(9-5-10(15)7-11(16)6-9)14-12(20-3)8-18-19(14)2/h5-8,13,17H,4H2,1-3H3. The van der Waals surface area contributed by atoms with E-state index in [9.17, 15) is 0 Å². The van der Waals surface area contributed by atoms with E-state index in [-0.39, 0.29) is 6.04 Å². The zero-order valence-electron chi connectivity index (χ0n) is 11.7. The molecule has 1 atom stereocenters. The maximum atomic E-state index is 6.10. The van der Waals surface area contributed by atoms with Gasteiger partial charge in [-0.2, -0.15) is 5.10 Å². The van der Waals surface area contributed by atoms with Crippen LogP contribution in [0.25, 0.3) is 0 Å². The largest absolute Gasteiger partial charge is 0.493 e. The highest BCUT2D eigenvalue weighted by atomic mass is 35.5. The van der Waals surface area contributed by atoms with E-state index in [0.717, 1.165) is 23.6 Å². The Bertz CT molecular complexity index is 578. The Morgan fingerprint density at radius 1 is 1.30 bits per heavy atom. The summed E-state index contributed by atoms with van der Waals surface area (Å²) in [5, 5.41) is 8.88. The Morgan fingerprint density at radius 3 is 2.50 bits per heavy atom. The average Bonchev–Trinajstić information content (AvgIpc) is 2.76. The van der Waals surface area contributed by atoms with Gasteiger partial charge in [0.1, 0.15) is 5.69 Å². The van der Waals surface area contributed by atoms with Crippen LogP contribution in [0.15, 0.2) is 24.4 Å². The lowest BCUT2D eigenvalue weighted by molar-refractivity contribution is 0.401. The van der Waals surface area contributed by atoms with E-state index in [4.69, 9.17) is 27.9 Å². The van der Waals surface area contributed by atoms with E-state index in [0.29, 0.717) is 10.0 Å². The lowest BCUT2D eigenvalue weighted by Crippen LogP contribution is -2.24. The van der Waals surface area contributed by atoms with Gasteiger partial charge in [-0.25, -0.2) is 0 Å². The Morgan fingerprint density at radius 2 is 1.95 bits per heavy atom. The average molecular weight is 314 g/mol. The highest BCUT2D eigenvalue weighted by Crippen LogP contribution is 2.32. The van der Waals surface area contributed by atoms with Gasteiger partial charge in [-0.05, 0) is 30.3 Å². The van der Waals surface area contributed by atoms with E-state index in [2.05, 4.69) is 10.4 Å². The number of hydrogen-bond acceptors (Lipinski definition) is 3. The maximum Gasteiger partial charge on any atom is 0.161 e. The molecule has 20 heavy (non-hydrogen) atoms. The van der Waals surface area contributed by atoms with Crippen LogP contribution in [-0.2, 0) is 7.05 Å². The zero-order valence-corrected chi connectivity index (χ0v) is 13.2. The number of nitrogens with zero attached hydrogens (tertiary/aromatic N) is 2. The monoisotopic (exact) mass is 313 g/mol. The fourth-order valence-corrected chi connectivity index (χ4v) is 2.77. The van der Waals surface area contributed by atoms with Gasteiger partial charge in [0.15, 0.2) is 5.75 Å². The second-order valence-electron chi connectivity index (χ2n) is 4.42. The van der Waals surface area contributed by atoms with Crippen molar-refractivity contribution in [2.45, 2.75) is 13.0 Å². The van der Waals surface area contributed by atoms with Crippen molar-refractivity contribution < 1.29 is 4.74 Å². The molecule has 0 fully saturated rings. The van der Waals surface area contributed by atoms with Gasteiger partial charge in [0, 0.05) is 17.1 Å². The van der Waals surface area contributed by atoms with Crippen LogP contribution in [0.2, 0.25) is 10.0 Å². The summed E-state index contributed by atoms with van der Waals surface area (Å²) in [7, 11) is 3.52. The molecule has 0 saturated heterocycles. The van der Waals surface area contributed by atoms with Gasteiger partial charge in [0.25, 0.3) is 0 Å². The van der Waals surface area contributed by atoms with Gasteiger partial charge in [0.05, 0.1) is 19.3 Å². The van der Waals surface area contributed by atoms with E-state index in [1.165, 1.54) is 0 Å². The Labute approximate surface area is 128 Å². The third-order valence-electron chi connectivity index (χ3n) is 3.07. The minimum absolute atomic E-state index is 0.0846. The predicted octanol–water partition coefficient (Wildman–Crippen LogP) is 3.43. The van der Waals surface area contributed by atoms with Gasteiger partial charge >= 0.3 is 0 Å². The molecule has 0 radical (unpaired) electrons. The molecule has 0 spiro atoms. The predicted molar refractivity (Wildman–Crippen MR) is 81.7 cm³/mol. The van der Waals surface area contributed by atoms with Gasteiger partial charge in [-0.15, -0.1) is 0 Å². The lowest BCUT2D eigenvalue weighted by Gasteiger charge is -2.20. The van der Waals surface area contributed by atoms with Gasteiger partial charge < -0.3 is 10.1 Å². The number of aromatic nitrogens is 2. The number of nitrogens with one attached hydrogen (secondary N) is 1. The Kier molecular flexibility index (Phi) is 4.91. The second kappa shape index (κ2) is 6.48. The molecule has 1 N–H and O–H groups in total. The Hall–Kier alpha value is -1.23. The molecule has 1 aromatic carbocycles. The molecule has 0 amide bonds. The summed E-state index contributed by atoms with van der Waals surface area (Å²) in [5.41, 5.74) is 1.92. The summed E-state index contributed by atoms with van der Waals surface area (Å²) in [6.45, 7) is 2.84. The smallest absolute Gasteiger partial charge is 0.161 e. The van der Waals surface area contributed by atoms with E-state index >= 15 is 0 Å². The minimum atomic E-state index is -0.0846. The molecule has 6 heteroatoms. The van der Waals surface area contributed by atoms with Crippen molar-refractivity contribution in [1.82, 2.24) is 15.1 Å². The molecule has 4 nitrogen and oxygen atoms in total. The first-order chi connectivity index (χ1) is 9.56. The van der Waals surface area contributed by atoms with Crippen molar-refractivity contribution >= 4 is 23.2 Å². The molecular formula is C14H17Cl2N3O. The summed E-state index contributed by atoms with van der Waals surface area (Å²) in [4.78, 5) is 0. The van der Waals surface area contributed by atoms with Crippen LogP contribution in [0.1, 0.15) is 24.2 Å². The molecular weight excluding hydrogens is 297 g/mol. The minimum Gasteiger partial charge on any atom is -0.493 e. The SMILES string of the molecule is CCNC(c1cc(Cl)cc(Cl)c1)c1c(OC)cnn1C. The first-order valence-corrected chi connectivity index (χ1v) is 7.07. The molecule has 1 unspecified atom stereocenters. The van der Waals surface area contributed by atoms with Crippen LogP contribution in [0.5, 0.6) is 5.75 Å². The number of hydrogen-bond donors (Lipinski definition) is 1. The molecule has 2 aromatic rings. The number of ether oxygens (including phenoxy) is 1. The molecule has 0 aliphatic rings. The highest BCUT2D eigenvalue weighted by Gasteiger charge is 2.22. The first kappa shape index (κ1) is 15.2. The lowest BCUT2D eigenvalue weighted by atomic mass is 10.0. The van der Waals surface area contributed by atoms with Gasteiger partial charge in [-0.1, -0.05) is 30.1 Å². The second-order valence-corrected chi connectivity index (χ2v) is 5.29. The van der Waals surface area contributed by atoms with Crippen molar-refractivity contribution in [1.29, 1.82) is 0 Å². The quantitative estimate of drug-likeness (QED) is 0.919. The summed E-state index contributed by atoms with van der Waals surface area (Å²) in [6.07, 6.45) is 1.70. The van der Waals surface area contributed by atoms with Crippen molar-refractivity contribution in [3.05, 3.63) is 45.7 Å². The molecule has 0 aliphatic carbocycles. The fourth-order valence-electron chi connectivity index (χ4n) is 2.23. The van der Waals surface area contributed by atoms with Crippen LogP contribution in [0, 0.1) is 0 Å². The highest BCUT2D eigenvalue weighted by molar-refractivity contribution is 6.34. The first-order valence-electron chi connectivity index (χ1n) is 6.32. The molecule has 1 heterocycles. The maximum absolute atomic E-state index is 6.10. The summed E-state index contributed by atoms with van der Waals surface area (Å²) >= 11 is 12.2. The summed E-state index contributed by atoms with van der Waals surface area (Å²) in [5.74, 6) is 0.731. The third-order valence-corrected chi connectivity index (χ3v) is 3.51. The van der Waals surface area contributed by atoms with E-state index in [1.54, 1.807) is 24.1 Å².